The van der Waals surface area contributed by atoms with Crippen molar-refractivity contribution < 1.29 is 18.7 Å². The Hall–Kier alpha value is -1.71. The molecule has 0 saturated carbocycles. The summed E-state index contributed by atoms with van der Waals surface area (Å²) in [6, 6.07) is 4.31. The fraction of sp³-hybridized carbons (Fsp3) is 0.200. The maximum Gasteiger partial charge on any atom is 0.310 e. The van der Waals surface area contributed by atoms with Crippen molar-refractivity contribution in [2.24, 2.45) is 0 Å². The van der Waals surface area contributed by atoms with Crippen LogP contribution in [0.1, 0.15) is 15.9 Å². The maximum atomic E-state index is 13.3. The van der Waals surface area contributed by atoms with Gasteiger partial charge in [0.25, 0.3) is 0 Å². The molecule has 0 amide bonds. The summed E-state index contributed by atoms with van der Waals surface area (Å²) in [5, 5.41) is 0. The maximum absolute atomic E-state index is 13.3. The molecule has 0 bridgehead atoms. The van der Waals surface area contributed by atoms with Crippen LogP contribution in [0.5, 0.6) is 0 Å². The first-order valence-electron chi connectivity index (χ1n) is 3.98. The van der Waals surface area contributed by atoms with E-state index in [1.54, 1.807) is 0 Å². The third-order valence-electron chi connectivity index (χ3n) is 1.80. The van der Waals surface area contributed by atoms with Gasteiger partial charge in [-0.25, -0.2) is 4.39 Å². The first-order valence-corrected chi connectivity index (χ1v) is 3.98. The second kappa shape index (κ2) is 4.50. The molecule has 1 aromatic rings. The average Bonchev–Trinajstić information content (AvgIpc) is 2.21. The summed E-state index contributed by atoms with van der Waals surface area (Å²) in [6.07, 6.45) is 0.250. The van der Waals surface area contributed by atoms with Gasteiger partial charge < -0.3 is 4.74 Å². The van der Waals surface area contributed by atoms with Crippen LogP contribution >= 0.6 is 0 Å². The summed E-state index contributed by atoms with van der Waals surface area (Å²) in [6.45, 7) is 0. The van der Waals surface area contributed by atoms with E-state index in [4.69, 9.17) is 0 Å². The topological polar surface area (TPSA) is 43.4 Å². The number of hydrogen-bond acceptors (Lipinski definition) is 3. The minimum Gasteiger partial charge on any atom is -0.469 e. The van der Waals surface area contributed by atoms with Gasteiger partial charge in [-0.15, -0.1) is 0 Å². The molecule has 0 atom stereocenters. The number of benzene rings is 1. The van der Waals surface area contributed by atoms with Crippen molar-refractivity contribution in [3.63, 3.8) is 0 Å². The number of ether oxygens (including phenoxy) is 1. The Labute approximate surface area is 80.5 Å². The van der Waals surface area contributed by atoms with E-state index in [9.17, 15) is 14.0 Å². The summed E-state index contributed by atoms with van der Waals surface area (Å²) in [5.74, 6) is -1.19. The quantitative estimate of drug-likeness (QED) is 0.541. The van der Waals surface area contributed by atoms with Crippen LogP contribution in [0.3, 0.4) is 0 Å². The smallest absolute Gasteiger partial charge is 0.310 e. The van der Waals surface area contributed by atoms with E-state index in [0.29, 0.717) is 6.29 Å². The zero-order valence-corrected chi connectivity index (χ0v) is 7.62. The van der Waals surface area contributed by atoms with E-state index in [0.717, 1.165) is 0 Å². The largest absolute Gasteiger partial charge is 0.469 e. The molecular formula is C10H9FO3. The van der Waals surface area contributed by atoms with Gasteiger partial charge in [0.1, 0.15) is 5.82 Å². The molecule has 0 aliphatic carbocycles. The van der Waals surface area contributed by atoms with E-state index < -0.39 is 11.8 Å². The standard InChI is InChI=1S/C10H9FO3/c1-14-9(13)5-7-3-2-4-8(6-12)10(7)11/h2-4,6H,5H2,1H3. The molecular weight excluding hydrogens is 187 g/mol. The summed E-state index contributed by atoms with van der Waals surface area (Å²) in [4.78, 5) is 21.2. The van der Waals surface area contributed by atoms with Crippen LogP contribution < -0.4 is 0 Å². The van der Waals surface area contributed by atoms with E-state index in [1.807, 2.05) is 0 Å². The molecule has 0 N–H and O–H groups in total. The van der Waals surface area contributed by atoms with E-state index in [1.165, 1.54) is 25.3 Å². The fourth-order valence-corrected chi connectivity index (χ4v) is 1.05. The van der Waals surface area contributed by atoms with Crippen molar-refractivity contribution in [3.05, 3.63) is 35.1 Å². The third-order valence-corrected chi connectivity index (χ3v) is 1.80. The molecule has 4 heteroatoms. The SMILES string of the molecule is COC(=O)Cc1cccc(C=O)c1F. The minimum atomic E-state index is -0.659. The summed E-state index contributed by atoms with van der Waals surface area (Å²) < 4.78 is 17.7. The third kappa shape index (κ3) is 2.16. The van der Waals surface area contributed by atoms with Crippen molar-refractivity contribution in [1.29, 1.82) is 0 Å². The van der Waals surface area contributed by atoms with Crippen LogP contribution in [0, 0.1) is 5.82 Å². The molecule has 0 heterocycles. The lowest BCUT2D eigenvalue weighted by atomic mass is 10.1. The Balaban J connectivity index is 2.97. The Morgan fingerprint density at radius 2 is 2.29 bits per heavy atom. The van der Waals surface area contributed by atoms with Gasteiger partial charge in [-0.1, -0.05) is 12.1 Å². The molecule has 0 aliphatic heterocycles. The molecule has 14 heavy (non-hydrogen) atoms. The summed E-state index contributed by atoms with van der Waals surface area (Å²) >= 11 is 0. The van der Waals surface area contributed by atoms with Crippen LogP contribution in [-0.2, 0) is 16.0 Å². The molecule has 0 unspecified atom stereocenters. The normalized spacial score (nSPS) is 9.57. The van der Waals surface area contributed by atoms with E-state index in [2.05, 4.69) is 4.74 Å². The van der Waals surface area contributed by atoms with E-state index in [-0.39, 0.29) is 17.5 Å². The molecule has 0 saturated heterocycles. The van der Waals surface area contributed by atoms with Gasteiger partial charge >= 0.3 is 5.97 Å². The van der Waals surface area contributed by atoms with Crippen molar-refractivity contribution in [2.45, 2.75) is 6.42 Å². The number of carbonyl (C=O) groups is 2. The zero-order valence-electron chi connectivity index (χ0n) is 7.62. The van der Waals surface area contributed by atoms with Crippen molar-refractivity contribution in [3.8, 4) is 0 Å². The molecule has 3 nitrogen and oxygen atoms in total. The first-order chi connectivity index (χ1) is 6.69. The second-order valence-corrected chi connectivity index (χ2v) is 2.69. The predicted molar refractivity (Wildman–Crippen MR) is 47.5 cm³/mol. The van der Waals surface area contributed by atoms with Gasteiger partial charge in [-0.3, -0.25) is 9.59 Å². The lowest BCUT2D eigenvalue weighted by molar-refractivity contribution is -0.139. The van der Waals surface area contributed by atoms with Crippen LogP contribution in [0.25, 0.3) is 0 Å². The van der Waals surface area contributed by atoms with Crippen LogP contribution in [-0.4, -0.2) is 19.4 Å². The van der Waals surface area contributed by atoms with Gasteiger partial charge in [0.15, 0.2) is 6.29 Å². The highest BCUT2D eigenvalue weighted by Crippen LogP contribution is 2.12. The Kier molecular flexibility index (Phi) is 3.34. The molecule has 74 valence electrons. The molecule has 0 aromatic heterocycles. The number of aldehydes is 1. The van der Waals surface area contributed by atoms with Crippen LogP contribution in [0.15, 0.2) is 18.2 Å². The monoisotopic (exact) mass is 196 g/mol. The lowest BCUT2D eigenvalue weighted by Gasteiger charge is -2.02. The minimum absolute atomic E-state index is 0.0496. The van der Waals surface area contributed by atoms with Crippen LogP contribution in [0.2, 0.25) is 0 Å². The average molecular weight is 196 g/mol. The molecule has 1 rings (SSSR count). The number of hydrogen-bond donors (Lipinski definition) is 0. The van der Waals surface area contributed by atoms with Crippen molar-refractivity contribution in [1.82, 2.24) is 0 Å². The summed E-state index contributed by atoms with van der Waals surface area (Å²) in [7, 11) is 1.23. The molecule has 0 aliphatic rings. The molecule has 0 radical (unpaired) electrons. The van der Waals surface area contributed by atoms with Gasteiger partial charge in [-0.05, 0) is 11.6 Å². The van der Waals surface area contributed by atoms with E-state index >= 15 is 0 Å². The number of methoxy groups -OCH3 is 1. The van der Waals surface area contributed by atoms with Gasteiger partial charge in [0.2, 0.25) is 0 Å². The van der Waals surface area contributed by atoms with Crippen molar-refractivity contribution >= 4 is 12.3 Å². The highest BCUT2D eigenvalue weighted by atomic mass is 19.1. The Morgan fingerprint density at radius 1 is 1.57 bits per heavy atom. The lowest BCUT2D eigenvalue weighted by Crippen LogP contribution is -2.07. The molecule has 1 aromatic carbocycles. The summed E-state index contributed by atoms with van der Waals surface area (Å²) in [5.41, 5.74) is 0.118. The number of rotatable bonds is 3. The zero-order chi connectivity index (χ0) is 10.6. The number of carbonyl (C=O) groups excluding carboxylic acids is 2. The molecule has 0 fully saturated rings. The predicted octanol–water partition coefficient (Wildman–Crippen LogP) is 1.35. The van der Waals surface area contributed by atoms with Gasteiger partial charge in [0.05, 0.1) is 19.1 Å². The highest BCUT2D eigenvalue weighted by Gasteiger charge is 2.10. The fourth-order valence-electron chi connectivity index (χ4n) is 1.05. The first kappa shape index (κ1) is 10.4. The van der Waals surface area contributed by atoms with Gasteiger partial charge in [-0.2, -0.15) is 0 Å². The number of halogens is 1. The Morgan fingerprint density at radius 3 is 2.86 bits per heavy atom. The van der Waals surface area contributed by atoms with Gasteiger partial charge in [0, 0.05) is 0 Å². The number of esters is 1. The second-order valence-electron chi connectivity index (χ2n) is 2.69. The molecule has 0 spiro atoms. The Bertz CT molecular complexity index is 360. The van der Waals surface area contributed by atoms with Crippen molar-refractivity contribution in [2.75, 3.05) is 7.11 Å². The highest BCUT2D eigenvalue weighted by molar-refractivity contribution is 5.77. The van der Waals surface area contributed by atoms with Crippen LogP contribution in [0.4, 0.5) is 4.39 Å².